The minimum atomic E-state index is 0.676. The van der Waals surface area contributed by atoms with Crippen molar-refractivity contribution in [2.75, 3.05) is 14.2 Å². The van der Waals surface area contributed by atoms with Gasteiger partial charge in [0.2, 0.25) is 0 Å². The van der Waals surface area contributed by atoms with Gasteiger partial charge >= 0.3 is 0 Å². The average Bonchev–Trinajstić information content (AvgIpc) is 3.15. The zero-order chi connectivity index (χ0) is 14.8. The van der Waals surface area contributed by atoms with Gasteiger partial charge in [-0.15, -0.1) is 11.3 Å². The van der Waals surface area contributed by atoms with Crippen LogP contribution in [0.3, 0.4) is 0 Å². The molecular weight excluding hydrogens is 288 g/mol. The largest absolute Gasteiger partial charge is 0.493 e. The summed E-state index contributed by atoms with van der Waals surface area (Å²) in [5.74, 6) is 2.08. The predicted molar refractivity (Wildman–Crippen MR) is 80.8 cm³/mol. The van der Waals surface area contributed by atoms with Gasteiger partial charge in [-0.1, -0.05) is 0 Å². The van der Waals surface area contributed by atoms with Crippen LogP contribution in [0.15, 0.2) is 24.5 Å². The van der Waals surface area contributed by atoms with Crippen LogP contribution in [-0.4, -0.2) is 34.4 Å². The quantitative estimate of drug-likeness (QED) is 0.802. The topological polar surface area (TPSA) is 72.9 Å². The van der Waals surface area contributed by atoms with Crippen molar-refractivity contribution in [1.29, 1.82) is 0 Å². The summed E-state index contributed by atoms with van der Waals surface area (Å²) in [5, 5.41) is 7.50. The van der Waals surface area contributed by atoms with Gasteiger partial charge in [0.15, 0.2) is 22.3 Å². The van der Waals surface area contributed by atoms with Crippen molar-refractivity contribution >= 4 is 11.3 Å². The van der Waals surface area contributed by atoms with Crippen molar-refractivity contribution in [3.8, 4) is 32.8 Å². The van der Waals surface area contributed by atoms with E-state index < -0.39 is 0 Å². The predicted octanol–water partition coefficient (Wildman–Crippen LogP) is 2.92. The van der Waals surface area contributed by atoms with Gasteiger partial charge in [-0.05, 0) is 30.7 Å². The molecule has 108 valence electrons. The first-order chi connectivity index (χ1) is 10.2. The molecule has 3 aromatic rings. The maximum Gasteiger partial charge on any atom is 0.184 e. The van der Waals surface area contributed by atoms with Crippen LogP contribution >= 0.6 is 11.3 Å². The smallest absolute Gasteiger partial charge is 0.184 e. The molecule has 0 amide bonds. The number of methoxy groups -OCH3 is 2. The van der Waals surface area contributed by atoms with Gasteiger partial charge in [0.25, 0.3) is 0 Å². The van der Waals surface area contributed by atoms with E-state index in [1.165, 1.54) is 6.33 Å². The lowest BCUT2D eigenvalue weighted by molar-refractivity contribution is 0.355. The molecule has 0 aliphatic rings. The van der Waals surface area contributed by atoms with Crippen molar-refractivity contribution in [3.63, 3.8) is 0 Å². The number of benzene rings is 1. The van der Waals surface area contributed by atoms with Crippen molar-refractivity contribution in [2.45, 2.75) is 6.92 Å². The van der Waals surface area contributed by atoms with E-state index in [0.29, 0.717) is 17.3 Å². The molecule has 2 aromatic heterocycles. The maximum absolute atomic E-state index is 5.35. The molecule has 0 saturated heterocycles. The average molecular weight is 302 g/mol. The summed E-state index contributed by atoms with van der Waals surface area (Å²) in [4.78, 5) is 9.74. The summed E-state index contributed by atoms with van der Waals surface area (Å²) in [5.41, 5.74) is 1.98. The first-order valence-electron chi connectivity index (χ1n) is 6.28. The van der Waals surface area contributed by atoms with Gasteiger partial charge < -0.3 is 9.47 Å². The normalized spacial score (nSPS) is 10.6. The monoisotopic (exact) mass is 302 g/mol. The van der Waals surface area contributed by atoms with Crippen molar-refractivity contribution in [3.05, 3.63) is 30.2 Å². The van der Waals surface area contributed by atoms with Crippen LogP contribution in [0.1, 0.15) is 5.69 Å². The van der Waals surface area contributed by atoms with Crippen molar-refractivity contribution in [2.24, 2.45) is 0 Å². The summed E-state index contributed by atoms with van der Waals surface area (Å²) >= 11 is 1.56. The molecule has 0 bridgehead atoms. The van der Waals surface area contributed by atoms with Crippen LogP contribution in [0.2, 0.25) is 0 Å². The Kier molecular flexibility index (Phi) is 3.57. The molecule has 21 heavy (non-hydrogen) atoms. The van der Waals surface area contributed by atoms with E-state index in [1.54, 1.807) is 25.6 Å². The number of ether oxygens (including phenoxy) is 2. The van der Waals surface area contributed by atoms with Gasteiger partial charge in [-0.25, -0.2) is 9.97 Å². The number of aromatic nitrogens is 4. The molecule has 0 unspecified atom stereocenters. The fraction of sp³-hybridized carbons (Fsp3) is 0.214. The molecule has 0 radical (unpaired) electrons. The summed E-state index contributed by atoms with van der Waals surface area (Å²) in [6.45, 7) is 1.97. The third kappa shape index (κ3) is 2.47. The number of thiazole rings is 1. The second kappa shape index (κ2) is 5.53. The van der Waals surface area contributed by atoms with Crippen LogP contribution in [0, 0.1) is 6.92 Å². The van der Waals surface area contributed by atoms with Crippen LogP contribution in [0.4, 0.5) is 0 Å². The Morgan fingerprint density at radius 1 is 1.14 bits per heavy atom. The second-order valence-electron chi connectivity index (χ2n) is 4.34. The number of H-pyrrole nitrogens is 1. The molecule has 0 aliphatic carbocycles. The second-order valence-corrected chi connectivity index (χ2v) is 5.34. The fourth-order valence-electron chi connectivity index (χ4n) is 2.05. The van der Waals surface area contributed by atoms with E-state index in [1.807, 2.05) is 25.1 Å². The van der Waals surface area contributed by atoms with E-state index in [4.69, 9.17) is 9.47 Å². The zero-order valence-corrected chi connectivity index (χ0v) is 12.7. The Hall–Kier alpha value is -2.41. The van der Waals surface area contributed by atoms with E-state index in [2.05, 4.69) is 20.2 Å². The SMILES string of the molecule is COc1ccc(-c2sc(-c3ncn[nH]3)nc2C)cc1OC. The Balaban J connectivity index is 2.05. The molecule has 7 heteroatoms. The minimum Gasteiger partial charge on any atom is -0.493 e. The molecule has 1 aromatic carbocycles. The first kappa shape index (κ1) is 13.6. The summed E-state index contributed by atoms with van der Waals surface area (Å²) < 4.78 is 10.6. The van der Waals surface area contributed by atoms with Crippen LogP contribution in [0.5, 0.6) is 11.5 Å². The lowest BCUT2D eigenvalue weighted by atomic mass is 10.1. The molecule has 1 N–H and O–H groups in total. The highest BCUT2D eigenvalue weighted by Crippen LogP contribution is 2.38. The summed E-state index contributed by atoms with van der Waals surface area (Å²) in [6, 6.07) is 5.83. The van der Waals surface area contributed by atoms with E-state index >= 15 is 0 Å². The Labute approximate surface area is 125 Å². The molecule has 0 fully saturated rings. The number of hydrogen-bond donors (Lipinski definition) is 1. The van der Waals surface area contributed by atoms with E-state index in [9.17, 15) is 0 Å². The fourth-order valence-corrected chi connectivity index (χ4v) is 3.06. The molecule has 0 aliphatic heterocycles. The molecule has 0 saturated carbocycles. The first-order valence-corrected chi connectivity index (χ1v) is 7.10. The molecule has 0 atom stereocenters. The zero-order valence-electron chi connectivity index (χ0n) is 11.9. The van der Waals surface area contributed by atoms with E-state index in [-0.39, 0.29) is 0 Å². The van der Waals surface area contributed by atoms with Gasteiger partial charge in [-0.2, -0.15) is 5.10 Å². The van der Waals surface area contributed by atoms with Crippen molar-refractivity contribution < 1.29 is 9.47 Å². The number of rotatable bonds is 4. The number of aromatic amines is 1. The summed E-state index contributed by atoms with van der Waals surface area (Å²) in [7, 11) is 3.25. The number of nitrogens with zero attached hydrogens (tertiary/aromatic N) is 3. The highest BCUT2D eigenvalue weighted by atomic mass is 32.1. The molecular formula is C14H14N4O2S. The van der Waals surface area contributed by atoms with Gasteiger partial charge in [0.05, 0.1) is 24.8 Å². The molecule has 6 nitrogen and oxygen atoms in total. The lowest BCUT2D eigenvalue weighted by Crippen LogP contribution is -1.90. The molecule has 3 rings (SSSR count). The Morgan fingerprint density at radius 2 is 1.95 bits per heavy atom. The highest BCUT2D eigenvalue weighted by Gasteiger charge is 2.14. The minimum absolute atomic E-state index is 0.676. The Morgan fingerprint density at radius 3 is 2.62 bits per heavy atom. The number of aryl methyl sites for hydroxylation is 1. The summed E-state index contributed by atoms with van der Waals surface area (Å²) in [6.07, 6.45) is 1.47. The van der Waals surface area contributed by atoms with Crippen LogP contribution in [-0.2, 0) is 0 Å². The standard InChI is InChI=1S/C14H14N4O2S/c1-8-12(21-14(17-8)13-15-7-16-18-13)9-4-5-10(19-2)11(6-9)20-3/h4-7H,1-3H3,(H,15,16,18). The van der Waals surface area contributed by atoms with Crippen molar-refractivity contribution in [1.82, 2.24) is 20.2 Å². The third-order valence-electron chi connectivity index (χ3n) is 3.06. The molecule has 2 heterocycles. The number of hydrogen-bond acceptors (Lipinski definition) is 6. The van der Waals surface area contributed by atoms with Crippen LogP contribution in [0.25, 0.3) is 21.3 Å². The third-order valence-corrected chi connectivity index (χ3v) is 4.27. The Bertz CT molecular complexity index is 752. The van der Waals surface area contributed by atoms with Gasteiger partial charge in [-0.3, -0.25) is 5.10 Å². The molecule has 0 spiro atoms. The van der Waals surface area contributed by atoms with Gasteiger partial charge in [0, 0.05) is 0 Å². The highest BCUT2D eigenvalue weighted by molar-refractivity contribution is 7.18. The number of nitrogens with one attached hydrogen (secondary N) is 1. The van der Waals surface area contributed by atoms with E-state index in [0.717, 1.165) is 21.1 Å². The maximum atomic E-state index is 5.35. The lowest BCUT2D eigenvalue weighted by Gasteiger charge is -2.08. The van der Waals surface area contributed by atoms with Gasteiger partial charge in [0.1, 0.15) is 6.33 Å². The van der Waals surface area contributed by atoms with Crippen LogP contribution < -0.4 is 9.47 Å².